The maximum Gasteiger partial charge on any atom is 0.0948 e. The summed E-state index contributed by atoms with van der Waals surface area (Å²) in [7, 11) is 0. The highest BCUT2D eigenvalue weighted by atomic mass is 15.2. The van der Waals surface area contributed by atoms with Crippen LogP contribution in [0.3, 0.4) is 0 Å². The van der Waals surface area contributed by atoms with Crippen molar-refractivity contribution in [2.75, 3.05) is 13.1 Å². The van der Waals surface area contributed by atoms with Crippen molar-refractivity contribution in [2.45, 2.75) is 58.7 Å². The Labute approximate surface area is 117 Å². The lowest BCUT2D eigenvalue weighted by Gasteiger charge is -2.41. The predicted molar refractivity (Wildman–Crippen MR) is 78.9 cm³/mol. The zero-order chi connectivity index (χ0) is 13.8. The smallest absolute Gasteiger partial charge is 0.0948 e. The molecule has 0 aliphatic carbocycles. The molecule has 1 saturated heterocycles. The Morgan fingerprint density at radius 2 is 2.26 bits per heavy atom. The Kier molecular flexibility index (Phi) is 4.99. The summed E-state index contributed by atoms with van der Waals surface area (Å²) in [5.41, 5.74) is 7.36. The molecular formula is C15H28N4. The van der Waals surface area contributed by atoms with Crippen LogP contribution >= 0.6 is 0 Å². The van der Waals surface area contributed by atoms with Crippen LogP contribution in [-0.4, -0.2) is 33.6 Å². The van der Waals surface area contributed by atoms with Crippen molar-refractivity contribution in [3.63, 3.8) is 0 Å². The first kappa shape index (κ1) is 14.5. The summed E-state index contributed by atoms with van der Waals surface area (Å²) < 4.78 is 2.27. The van der Waals surface area contributed by atoms with Crippen molar-refractivity contribution in [1.82, 2.24) is 14.5 Å². The summed E-state index contributed by atoms with van der Waals surface area (Å²) in [4.78, 5) is 6.90. The van der Waals surface area contributed by atoms with Gasteiger partial charge in [-0.25, -0.2) is 4.98 Å². The van der Waals surface area contributed by atoms with Crippen LogP contribution in [0.4, 0.5) is 0 Å². The maximum absolute atomic E-state index is 6.07. The molecule has 4 heteroatoms. The predicted octanol–water partition coefficient (Wildman–Crippen LogP) is 2.41. The molecule has 2 heterocycles. The van der Waals surface area contributed by atoms with Gasteiger partial charge in [-0.2, -0.15) is 0 Å². The van der Waals surface area contributed by atoms with Gasteiger partial charge in [0, 0.05) is 25.3 Å². The second-order valence-electron chi connectivity index (χ2n) is 5.98. The Bertz CT molecular complexity index is 387. The molecule has 3 atom stereocenters. The van der Waals surface area contributed by atoms with E-state index in [1.54, 1.807) is 0 Å². The number of aryl methyl sites for hydroxylation is 1. The van der Waals surface area contributed by atoms with E-state index in [0.29, 0.717) is 18.6 Å². The van der Waals surface area contributed by atoms with Crippen molar-refractivity contribution in [2.24, 2.45) is 11.7 Å². The van der Waals surface area contributed by atoms with Crippen LogP contribution in [0.5, 0.6) is 0 Å². The van der Waals surface area contributed by atoms with Crippen molar-refractivity contribution in [3.05, 3.63) is 18.2 Å². The lowest BCUT2D eigenvalue weighted by atomic mass is 9.91. The molecule has 0 radical (unpaired) electrons. The topological polar surface area (TPSA) is 47.1 Å². The highest BCUT2D eigenvalue weighted by Gasteiger charge is 2.30. The summed E-state index contributed by atoms with van der Waals surface area (Å²) >= 11 is 0. The van der Waals surface area contributed by atoms with E-state index < -0.39 is 0 Å². The fourth-order valence-electron chi connectivity index (χ4n) is 3.35. The number of piperidine rings is 1. The van der Waals surface area contributed by atoms with Crippen LogP contribution in [0.2, 0.25) is 0 Å². The third kappa shape index (κ3) is 3.18. The van der Waals surface area contributed by atoms with Gasteiger partial charge in [-0.3, -0.25) is 4.90 Å². The Balaban J connectivity index is 2.17. The van der Waals surface area contributed by atoms with Gasteiger partial charge < -0.3 is 10.3 Å². The molecule has 2 rings (SSSR count). The minimum absolute atomic E-state index is 0.316. The van der Waals surface area contributed by atoms with Crippen LogP contribution in [0.1, 0.15) is 51.8 Å². The number of likely N-dealkylation sites (tertiary alicyclic amines) is 1. The first-order valence-corrected chi connectivity index (χ1v) is 7.63. The number of hydrogen-bond donors (Lipinski definition) is 1. The molecule has 108 valence electrons. The zero-order valence-corrected chi connectivity index (χ0v) is 12.5. The van der Waals surface area contributed by atoms with E-state index in [0.717, 1.165) is 25.4 Å². The lowest BCUT2D eigenvalue weighted by molar-refractivity contribution is 0.0810. The van der Waals surface area contributed by atoms with Crippen LogP contribution < -0.4 is 5.73 Å². The number of aromatic nitrogens is 2. The maximum atomic E-state index is 6.07. The van der Waals surface area contributed by atoms with Gasteiger partial charge in [0.25, 0.3) is 0 Å². The quantitative estimate of drug-likeness (QED) is 0.888. The van der Waals surface area contributed by atoms with Crippen molar-refractivity contribution < 1.29 is 0 Å². The Morgan fingerprint density at radius 1 is 1.47 bits per heavy atom. The summed E-state index contributed by atoms with van der Waals surface area (Å²) in [5.74, 6) is 0.838. The normalized spacial score (nSPS) is 26.5. The van der Waals surface area contributed by atoms with Gasteiger partial charge in [-0.05, 0) is 38.6 Å². The fourth-order valence-corrected chi connectivity index (χ4v) is 3.35. The van der Waals surface area contributed by atoms with Gasteiger partial charge in [-0.15, -0.1) is 0 Å². The molecule has 4 nitrogen and oxygen atoms in total. The SMILES string of the molecule is CCCn1cncc1C(CN)N1CCC(C)CC1C. The van der Waals surface area contributed by atoms with Crippen LogP contribution in [0, 0.1) is 5.92 Å². The number of nitrogens with two attached hydrogens (primary N) is 1. The van der Waals surface area contributed by atoms with Crippen LogP contribution in [0.15, 0.2) is 12.5 Å². The van der Waals surface area contributed by atoms with E-state index in [-0.39, 0.29) is 0 Å². The molecule has 2 N–H and O–H groups in total. The van der Waals surface area contributed by atoms with Gasteiger partial charge in [0.1, 0.15) is 0 Å². The largest absolute Gasteiger partial charge is 0.333 e. The molecule has 1 aromatic rings. The van der Waals surface area contributed by atoms with Gasteiger partial charge in [0.15, 0.2) is 0 Å². The van der Waals surface area contributed by atoms with Gasteiger partial charge in [0.2, 0.25) is 0 Å². The molecule has 1 aliphatic rings. The molecule has 19 heavy (non-hydrogen) atoms. The molecule has 0 aromatic carbocycles. The summed E-state index contributed by atoms with van der Waals surface area (Å²) in [6.07, 6.45) is 7.63. The molecule has 0 bridgehead atoms. The number of hydrogen-bond acceptors (Lipinski definition) is 3. The fraction of sp³-hybridized carbons (Fsp3) is 0.800. The molecule has 0 amide bonds. The van der Waals surface area contributed by atoms with Crippen molar-refractivity contribution in [3.8, 4) is 0 Å². The van der Waals surface area contributed by atoms with Gasteiger partial charge >= 0.3 is 0 Å². The second kappa shape index (κ2) is 6.53. The number of nitrogens with zero attached hydrogens (tertiary/aromatic N) is 3. The number of rotatable bonds is 5. The average molecular weight is 264 g/mol. The van der Waals surface area contributed by atoms with E-state index in [1.807, 2.05) is 12.5 Å². The van der Waals surface area contributed by atoms with Crippen molar-refractivity contribution in [1.29, 1.82) is 0 Å². The first-order valence-electron chi connectivity index (χ1n) is 7.63. The zero-order valence-electron chi connectivity index (χ0n) is 12.5. The standard InChI is InChI=1S/C15H28N4/c1-4-6-18-11-17-10-15(18)14(9-16)19-7-5-12(2)8-13(19)3/h10-14H,4-9,16H2,1-3H3. The van der Waals surface area contributed by atoms with E-state index >= 15 is 0 Å². The summed E-state index contributed by atoms with van der Waals surface area (Å²) in [6.45, 7) is 9.75. The molecule has 1 aromatic heterocycles. The lowest BCUT2D eigenvalue weighted by Crippen LogP contribution is -2.45. The van der Waals surface area contributed by atoms with Gasteiger partial charge in [-0.1, -0.05) is 13.8 Å². The average Bonchev–Trinajstić information content (AvgIpc) is 2.82. The van der Waals surface area contributed by atoms with E-state index in [1.165, 1.54) is 18.5 Å². The van der Waals surface area contributed by atoms with E-state index in [4.69, 9.17) is 5.73 Å². The van der Waals surface area contributed by atoms with E-state index in [9.17, 15) is 0 Å². The van der Waals surface area contributed by atoms with Crippen molar-refractivity contribution >= 4 is 0 Å². The Morgan fingerprint density at radius 3 is 2.89 bits per heavy atom. The van der Waals surface area contributed by atoms with Gasteiger partial charge in [0.05, 0.1) is 18.1 Å². The molecule has 0 spiro atoms. The highest BCUT2D eigenvalue weighted by Crippen LogP contribution is 2.30. The Hall–Kier alpha value is -0.870. The number of imidazole rings is 1. The second-order valence-corrected chi connectivity index (χ2v) is 5.98. The minimum Gasteiger partial charge on any atom is -0.333 e. The van der Waals surface area contributed by atoms with Crippen LogP contribution in [0.25, 0.3) is 0 Å². The summed E-state index contributed by atoms with van der Waals surface area (Å²) in [6, 6.07) is 0.929. The molecule has 1 fully saturated rings. The monoisotopic (exact) mass is 264 g/mol. The van der Waals surface area contributed by atoms with E-state index in [2.05, 4.69) is 35.2 Å². The molecule has 1 aliphatic heterocycles. The third-order valence-corrected chi connectivity index (χ3v) is 4.36. The third-order valence-electron chi connectivity index (χ3n) is 4.36. The molecule has 0 saturated carbocycles. The first-order chi connectivity index (χ1) is 9.17. The minimum atomic E-state index is 0.316. The van der Waals surface area contributed by atoms with Crippen LogP contribution in [-0.2, 0) is 6.54 Å². The highest BCUT2D eigenvalue weighted by molar-refractivity contribution is 5.08. The molecule has 3 unspecified atom stereocenters. The summed E-state index contributed by atoms with van der Waals surface area (Å²) in [5, 5.41) is 0. The molecular weight excluding hydrogens is 236 g/mol.